The first-order valence-corrected chi connectivity index (χ1v) is 7.48. The second-order valence-corrected chi connectivity index (χ2v) is 5.89. The first kappa shape index (κ1) is 17.9. The first-order valence-electron chi connectivity index (χ1n) is 7.48. The van der Waals surface area contributed by atoms with Crippen molar-refractivity contribution in [2.24, 2.45) is 11.8 Å². The fraction of sp³-hybridized carbons (Fsp3) is 0.706. The van der Waals surface area contributed by atoms with E-state index in [4.69, 9.17) is 5.11 Å². The molecule has 110 valence electrons. The van der Waals surface area contributed by atoms with Gasteiger partial charge in [0.05, 0.1) is 0 Å². The van der Waals surface area contributed by atoms with Gasteiger partial charge in [0.1, 0.15) is 0 Å². The second kappa shape index (κ2) is 9.82. The van der Waals surface area contributed by atoms with Crippen molar-refractivity contribution in [3.05, 3.63) is 23.3 Å². The van der Waals surface area contributed by atoms with E-state index in [-0.39, 0.29) is 0 Å². The number of aliphatic carboxylic acids is 1. The highest BCUT2D eigenvalue weighted by molar-refractivity contribution is 5.87. The van der Waals surface area contributed by atoms with Crippen LogP contribution in [-0.4, -0.2) is 11.1 Å². The van der Waals surface area contributed by atoms with Gasteiger partial charge in [0.2, 0.25) is 0 Å². The van der Waals surface area contributed by atoms with Crippen molar-refractivity contribution in [2.45, 2.75) is 66.7 Å². The molecule has 1 unspecified atom stereocenters. The van der Waals surface area contributed by atoms with Gasteiger partial charge >= 0.3 is 5.97 Å². The Balaban J connectivity index is 4.17. The minimum Gasteiger partial charge on any atom is -0.478 e. The highest BCUT2D eigenvalue weighted by Crippen LogP contribution is 2.17. The van der Waals surface area contributed by atoms with Gasteiger partial charge in [-0.15, -0.1) is 0 Å². The fourth-order valence-corrected chi connectivity index (χ4v) is 2.17. The van der Waals surface area contributed by atoms with Gasteiger partial charge in [-0.05, 0) is 37.2 Å². The van der Waals surface area contributed by atoms with Gasteiger partial charge in [0, 0.05) is 5.57 Å². The summed E-state index contributed by atoms with van der Waals surface area (Å²) in [6.07, 6.45) is 9.54. The summed E-state index contributed by atoms with van der Waals surface area (Å²) >= 11 is 0. The molecule has 0 spiro atoms. The summed E-state index contributed by atoms with van der Waals surface area (Å²) < 4.78 is 0. The van der Waals surface area contributed by atoms with E-state index in [0.717, 1.165) is 17.9 Å². The van der Waals surface area contributed by atoms with E-state index in [9.17, 15) is 4.79 Å². The van der Waals surface area contributed by atoms with Crippen molar-refractivity contribution in [1.29, 1.82) is 0 Å². The monoisotopic (exact) mass is 266 g/mol. The van der Waals surface area contributed by atoms with Gasteiger partial charge < -0.3 is 5.11 Å². The normalized spacial score (nSPS) is 14.8. The van der Waals surface area contributed by atoms with Gasteiger partial charge in [-0.25, -0.2) is 4.79 Å². The molecule has 1 atom stereocenters. The van der Waals surface area contributed by atoms with Crippen LogP contribution < -0.4 is 0 Å². The van der Waals surface area contributed by atoms with Crippen LogP contribution in [0.25, 0.3) is 0 Å². The molecule has 1 N–H and O–H groups in total. The molecule has 0 aromatic rings. The van der Waals surface area contributed by atoms with Crippen LogP contribution in [-0.2, 0) is 4.79 Å². The van der Waals surface area contributed by atoms with Crippen LogP contribution in [0, 0.1) is 11.8 Å². The molecule has 2 nitrogen and oxygen atoms in total. The Morgan fingerprint density at radius 3 is 2.32 bits per heavy atom. The zero-order valence-corrected chi connectivity index (χ0v) is 13.2. The van der Waals surface area contributed by atoms with E-state index < -0.39 is 5.97 Å². The Morgan fingerprint density at radius 2 is 1.84 bits per heavy atom. The minimum atomic E-state index is -0.797. The lowest BCUT2D eigenvalue weighted by molar-refractivity contribution is -0.132. The van der Waals surface area contributed by atoms with E-state index in [1.807, 2.05) is 19.9 Å². The molecule has 2 heteroatoms. The number of carbonyl (C=O) groups is 1. The predicted octanol–water partition coefficient (Wildman–Crippen LogP) is 5.21. The van der Waals surface area contributed by atoms with Crippen molar-refractivity contribution < 1.29 is 9.90 Å². The van der Waals surface area contributed by atoms with Crippen LogP contribution in [0.3, 0.4) is 0 Å². The highest BCUT2D eigenvalue weighted by atomic mass is 16.4. The fourth-order valence-electron chi connectivity index (χ4n) is 2.17. The van der Waals surface area contributed by atoms with E-state index in [2.05, 4.69) is 26.8 Å². The predicted molar refractivity (Wildman–Crippen MR) is 82.2 cm³/mol. The largest absolute Gasteiger partial charge is 0.478 e. The standard InChI is InChI=1S/C17H30O2/c1-6-16(17(18)19)15(5)12-8-11-14(4)10-7-9-13(2)3/h8,12-14H,6-7,9-11H2,1-5H3,(H,18,19)/b12-8+,16-15+. The zero-order chi connectivity index (χ0) is 14.8. The van der Waals surface area contributed by atoms with Gasteiger partial charge in [-0.3, -0.25) is 0 Å². The van der Waals surface area contributed by atoms with Crippen molar-refractivity contribution in [2.75, 3.05) is 0 Å². The van der Waals surface area contributed by atoms with Crippen molar-refractivity contribution >= 4 is 5.97 Å². The number of rotatable bonds is 9. The molecule has 0 amide bonds. The Morgan fingerprint density at radius 1 is 1.21 bits per heavy atom. The average molecular weight is 266 g/mol. The van der Waals surface area contributed by atoms with Gasteiger partial charge in [-0.1, -0.05) is 59.1 Å². The third kappa shape index (κ3) is 8.63. The topological polar surface area (TPSA) is 37.3 Å². The average Bonchev–Trinajstić information content (AvgIpc) is 2.28. The van der Waals surface area contributed by atoms with Gasteiger partial charge in [0.15, 0.2) is 0 Å². The van der Waals surface area contributed by atoms with Crippen molar-refractivity contribution in [3.8, 4) is 0 Å². The Hall–Kier alpha value is -1.05. The van der Waals surface area contributed by atoms with Crippen LogP contribution in [0.15, 0.2) is 23.3 Å². The molecule has 0 heterocycles. The molecule has 0 aromatic carbocycles. The maximum atomic E-state index is 11.0. The van der Waals surface area contributed by atoms with Crippen LogP contribution in [0.4, 0.5) is 0 Å². The number of hydrogen-bond acceptors (Lipinski definition) is 1. The maximum absolute atomic E-state index is 11.0. The molecular formula is C17H30O2. The molecule has 0 fully saturated rings. The molecule has 0 aliphatic carbocycles. The molecule has 0 aliphatic rings. The van der Waals surface area contributed by atoms with Crippen molar-refractivity contribution in [1.82, 2.24) is 0 Å². The number of allylic oxidation sites excluding steroid dienone is 3. The summed E-state index contributed by atoms with van der Waals surface area (Å²) in [6, 6.07) is 0. The lowest BCUT2D eigenvalue weighted by Crippen LogP contribution is -2.01. The summed E-state index contributed by atoms with van der Waals surface area (Å²) in [7, 11) is 0. The molecule has 0 saturated carbocycles. The molecule has 0 bridgehead atoms. The quantitative estimate of drug-likeness (QED) is 0.459. The third-order valence-corrected chi connectivity index (χ3v) is 3.47. The molecule has 0 rings (SSSR count). The third-order valence-electron chi connectivity index (χ3n) is 3.47. The Labute approximate surface area is 118 Å². The Bertz CT molecular complexity index is 324. The van der Waals surface area contributed by atoms with E-state index >= 15 is 0 Å². The minimum absolute atomic E-state index is 0.517. The molecular weight excluding hydrogens is 236 g/mol. The summed E-state index contributed by atoms with van der Waals surface area (Å²) in [6.45, 7) is 10.6. The maximum Gasteiger partial charge on any atom is 0.331 e. The SMILES string of the molecule is CC/C(C(=O)O)=C(C)\C=C\CC(C)CCCC(C)C. The van der Waals surface area contributed by atoms with Crippen LogP contribution in [0.5, 0.6) is 0 Å². The van der Waals surface area contributed by atoms with Crippen molar-refractivity contribution in [3.63, 3.8) is 0 Å². The Kier molecular flexibility index (Phi) is 9.28. The summed E-state index contributed by atoms with van der Waals surface area (Å²) in [5, 5.41) is 9.03. The molecule has 0 aromatic heterocycles. The summed E-state index contributed by atoms with van der Waals surface area (Å²) in [5.74, 6) is 0.669. The van der Waals surface area contributed by atoms with E-state index in [0.29, 0.717) is 17.9 Å². The molecule has 0 aliphatic heterocycles. The summed E-state index contributed by atoms with van der Waals surface area (Å²) in [5.41, 5.74) is 1.40. The molecule has 0 saturated heterocycles. The summed E-state index contributed by atoms with van der Waals surface area (Å²) in [4.78, 5) is 11.0. The number of carboxylic acids is 1. The number of carboxylic acid groups (broad SMARTS) is 1. The van der Waals surface area contributed by atoms with E-state index in [1.165, 1.54) is 19.3 Å². The highest BCUT2D eigenvalue weighted by Gasteiger charge is 2.06. The van der Waals surface area contributed by atoms with E-state index in [1.54, 1.807) is 0 Å². The second-order valence-electron chi connectivity index (χ2n) is 5.89. The zero-order valence-electron chi connectivity index (χ0n) is 13.2. The van der Waals surface area contributed by atoms with Gasteiger partial charge in [-0.2, -0.15) is 0 Å². The van der Waals surface area contributed by atoms with Gasteiger partial charge in [0.25, 0.3) is 0 Å². The lowest BCUT2D eigenvalue weighted by Gasteiger charge is -2.10. The first-order chi connectivity index (χ1) is 8.88. The lowest BCUT2D eigenvalue weighted by atomic mass is 9.96. The molecule has 19 heavy (non-hydrogen) atoms. The molecule has 0 radical (unpaired) electrons. The van der Waals surface area contributed by atoms with Crippen LogP contribution in [0.1, 0.15) is 66.7 Å². The van der Waals surface area contributed by atoms with Crippen LogP contribution in [0.2, 0.25) is 0 Å². The number of hydrogen-bond donors (Lipinski definition) is 1. The smallest absolute Gasteiger partial charge is 0.331 e. The van der Waals surface area contributed by atoms with Crippen LogP contribution >= 0.6 is 0 Å².